The number of anilines is 1. The normalized spacial score (nSPS) is 14.5. The Hall–Kier alpha value is -3.97. The van der Waals surface area contributed by atoms with Gasteiger partial charge in [-0.3, -0.25) is 9.58 Å². The van der Waals surface area contributed by atoms with Crippen LogP contribution < -0.4 is 4.90 Å². The fourth-order valence-electron chi connectivity index (χ4n) is 5.02. The second-order valence-electron chi connectivity index (χ2n) is 9.47. The highest BCUT2D eigenvalue weighted by Gasteiger charge is 2.17. The number of aromatic nitrogens is 5. The third kappa shape index (κ3) is 4.62. The Labute approximate surface area is 211 Å². The number of piperazine rings is 1. The quantitative estimate of drug-likeness (QED) is 0.355. The molecule has 0 radical (unpaired) electrons. The molecule has 36 heavy (non-hydrogen) atoms. The zero-order valence-electron chi connectivity index (χ0n) is 20.6. The molecule has 4 aromatic heterocycles. The minimum Gasteiger partial charge on any atom is -0.354 e. The number of hydrogen-bond acceptors (Lipinski definition) is 5. The summed E-state index contributed by atoms with van der Waals surface area (Å²) >= 11 is 0. The van der Waals surface area contributed by atoms with Gasteiger partial charge in [-0.15, -0.1) is 0 Å². The SMILES string of the molecule is CCCN1CCN(c2ccc(-c3cnc4[nH]cc(-c5cnn(Cc6ccccc6)c5)c4c3)cn2)CC1. The zero-order chi connectivity index (χ0) is 24.3. The monoisotopic (exact) mass is 477 g/mol. The van der Waals surface area contributed by atoms with E-state index in [0.29, 0.717) is 0 Å². The molecule has 1 aliphatic heterocycles. The second kappa shape index (κ2) is 9.95. The van der Waals surface area contributed by atoms with Crippen molar-refractivity contribution in [3.8, 4) is 22.3 Å². The maximum Gasteiger partial charge on any atom is 0.137 e. The molecule has 6 rings (SSSR count). The summed E-state index contributed by atoms with van der Waals surface area (Å²) in [6.07, 6.45) is 11.1. The lowest BCUT2D eigenvalue weighted by Gasteiger charge is -2.35. The van der Waals surface area contributed by atoms with Crippen LogP contribution in [0.4, 0.5) is 5.82 Å². The van der Waals surface area contributed by atoms with Gasteiger partial charge in [0.2, 0.25) is 0 Å². The molecular weight excluding hydrogens is 446 g/mol. The molecule has 0 spiro atoms. The van der Waals surface area contributed by atoms with Gasteiger partial charge in [0.05, 0.1) is 12.7 Å². The van der Waals surface area contributed by atoms with Crippen LogP contribution in [0.1, 0.15) is 18.9 Å². The van der Waals surface area contributed by atoms with Crippen molar-refractivity contribution >= 4 is 16.9 Å². The van der Waals surface area contributed by atoms with Crippen LogP contribution >= 0.6 is 0 Å². The summed E-state index contributed by atoms with van der Waals surface area (Å²) < 4.78 is 1.98. The first-order valence-corrected chi connectivity index (χ1v) is 12.7. The summed E-state index contributed by atoms with van der Waals surface area (Å²) in [6, 6.07) is 16.9. The fraction of sp³-hybridized carbons (Fsp3) is 0.276. The Kier molecular flexibility index (Phi) is 6.22. The van der Waals surface area contributed by atoms with E-state index in [-0.39, 0.29) is 0 Å². The van der Waals surface area contributed by atoms with Crippen LogP contribution in [0.5, 0.6) is 0 Å². The van der Waals surface area contributed by atoms with E-state index in [1.165, 1.54) is 18.5 Å². The number of nitrogens with one attached hydrogen (secondary N) is 1. The van der Waals surface area contributed by atoms with E-state index in [0.717, 1.165) is 71.8 Å². The molecule has 1 fully saturated rings. The second-order valence-corrected chi connectivity index (χ2v) is 9.47. The smallest absolute Gasteiger partial charge is 0.137 e. The van der Waals surface area contributed by atoms with Crippen molar-refractivity contribution in [3.63, 3.8) is 0 Å². The van der Waals surface area contributed by atoms with Crippen LogP contribution in [0.3, 0.4) is 0 Å². The van der Waals surface area contributed by atoms with Crippen LogP contribution in [0.25, 0.3) is 33.3 Å². The van der Waals surface area contributed by atoms with E-state index in [4.69, 9.17) is 4.98 Å². The highest BCUT2D eigenvalue weighted by molar-refractivity contribution is 5.95. The van der Waals surface area contributed by atoms with Crippen molar-refractivity contribution in [2.45, 2.75) is 19.9 Å². The van der Waals surface area contributed by atoms with Crippen LogP contribution in [0.2, 0.25) is 0 Å². The van der Waals surface area contributed by atoms with Gasteiger partial charge in [0.25, 0.3) is 0 Å². The third-order valence-electron chi connectivity index (χ3n) is 6.98. The molecule has 7 nitrogen and oxygen atoms in total. The molecule has 0 bridgehead atoms. The summed E-state index contributed by atoms with van der Waals surface area (Å²) in [5, 5.41) is 5.67. The van der Waals surface area contributed by atoms with Crippen molar-refractivity contribution < 1.29 is 0 Å². The number of rotatable bonds is 7. The van der Waals surface area contributed by atoms with Gasteiger partial charge in [-0.05, 0) is 36.7 Å². The van der Waals surface area contributed by atoms with Gasteiger partial charge in [0.1, 0.15) is 11.5 Å². The third-order valence-corrected chi connectivity index (χ3v) is 6.98. The van der Waals surface area contributed by atoms with Crippen LogP contribution in [-0.4, -0.2) is 62.4 Å². The van der Waals surface area contributed by atoms with E-state index < -0.39 is 0 Å². The highest BCUT2D eigenvalue weighted by Crippen LogP contribution is 2.31. The van der Waals surface area contributed by atoms with Gasteiger partial charge in [-0.2, -0.15) is 5.10 Å². The molecule has 1 N–H and O–H groups in total. The van der Waals surface area contributed by atoms with Gasteiger partial charge in [0, 0.05) is 78.6 Å². The lowest BCUT2D eigenvalue weighted by Crippen LogP contribution is -2.46. The van der Waals surface area contributed by atoms with Gasteiger partial charge in [0.15, 0.2) is 0 Å². The van der Waals surface area contributed by atoms with Crippen molar-refractivity contribution in [2.75, 3.05) is 37.6 Å². The minimum absolute atomic E-state index is 0.748. The Balaban J connectivity index is 1.21. The number of hydrogen-bond donors (Lipinski definition) is 1. The van der Waals surface area contributed by atoms with Crippen molar-refractivity contribution in [1.82, 2.24) is 29.6 Å². The molecular formula is C29H31N7. The number of fused-ring (bicyclic) bond motifs is 1. The van der Waals surface area contributed by atoms with Crippen molar-refractivity contribution in [2.24, 2.45) is 0 Å². The molecule has 5 heterocycles. The molecule has 1 aliphatic rings. The minimum atomic E-state index is 0.748. The maximum absolute atomic E-state index is 4.80. The predicted molar refractivity (Wildman–Crippen MR) is 145 cm³/mol. The number of aromatic amines is 1. The van der Waals surface area contributed by atoms with Gasteiger partial charge in [-0.25, -0.2) is 9.97 Å². The molecule has 1 saturated heterocycles. The average Bonchev–Trinajstić information content (AvgIpc) is 3.56. The molecule has 0 atom stereocenters. The number of benzene rings is 1. The molecule has 0 aliphatic carbocycles. The van der Waals surface area contributed by atoms with Crippen LogP contribution in [0.15, 0.2) is 79.5 Å². The van der Waals surface area contributed by atoms with Crippen LogP contribution in [0, 0.1) is 0 Å². The van der Waals surface area contributed by atoms with Gasteiger partial charge in [-0.1, -0.05) is 37.3 Å². The predicted octanol–water partition coefficient (Wildman–Crippen LogP) is 5.07. The van der Waals surface area contributed by atoms with E-state index in [9.17, 15) is 0 Å². The van der Waals surface area contributed by atoms with E-state index in [1.54, 1.807) is 0 Å². The lowest BCUT2D eigenvalue weighted by atomic mass is 10.1. The highest BCUT2D eigenvalue weighted by atomic mass is 15.3. The van der Waals surface area contributed by atoms with E-state index >= 15 is 0 Å². The first-order chi connectivity index (χ1) is 17.8. The number of H-pyrrole nitrogens is 1. The standard InChI is InChI=1S/C29H31N7/c1-2-10-34-11-13-35(14-12-34)28-9-8-23(16-30-28)24-15-26-27(19-32-29(26)31-17-24)25-18-33-36(21-25)20-22-6-4-3-5-7-22/h3-9,15-19,21H,2,10-14,20H2,1H3,(H,31,32). The van der Waals surface area contributed by atoms with Crippen molar-refractivity contribution in [3.05, 3.63) is 85.1 Å². The first kappa shape index (κ1) is 22.5. The van der Waals surface area contributed by atoms with E-state index in [2.05, 4.69) is 80.5 Å². The van der Waals surface area contributed by atoms with Gasteiger partial charge >= 0.3 is 0 Å². The topological polar surface area (TPSA) is 65.9 Å². The summed E-state index contributed by atoms with van der Waals surface area (Å²) in [4.78, 5) is 17.7. The average molecular weight is 478 g/mol. The molecule has 0 saturated carbocycles. The Morgan fingerprint density at radius 3 is 2.47 bits per heavy atom. The molecule has 0 amide bonds. The molecule has 0 unspecified atom stereocenters. The fourth-order valence-corrected chi connectivity index (χ4v) is 5.02. The Bertz CT molecular complexity index is 1430. The summed E-state index contributed by atoms with van der Waals surface area (Å²) in [6.45, 7) is 8.46. The van der Waals surface area contributed by atoms with Crippen molar-refractivity contribution in [1.29, 1.82) is 0 Å². The lowest BCUT2D eigenvalue weighted by molar-refractivity contribution is 0.258. The summed E-state index contributed by atoms with van der Waals surface area (Å²) in [5.74, 6) is 1.05. The Morgan fingerprint density at radius 2 is 1.69 bits per heavy atom. The molecule has 7 heteroatoms. The molecule has 5 aromatic rings. The summed E-state index contributed by atoms with van der Waals surface area (Å²) in [7, 11) is 0. The molecule has 1 aromatic carbocycles. The zero-order valence-corrected chi connectivity index (χ0v) is 20.6. The molecule has 182 valence electrons. The van der Waals surface area contributed by atoms with E-state index in [1.807, 2.05) is 35.5 Å². The number of pyridine rings is 2. The van der Waals surface area contributed by atoms with Gasteiger partial charge < -0.3 is 9.88 Å². The van der Waals surface area contributed by atoms with Crippen LogP contribution in [-0.2, 0) is 6.54 Å². The Morgan fingerprint density at radius 1 is 0.861 bits per heavy atom. The summed E-state index contributed by atoms with van der Waals surface area (Å²) in [5.41, 5.74) is 6.42. The number of nitrogens with zero attached hydrogens (tertiary/aromatic N) is 6. The largest absolute Gasteiger partial charge is 0.354 e. The first-order valence-electron chi connectivity index (χ1n) is 12.7. The maximum atomic E-state index is 4.80.